The summed E-state index contributed by atoms with van der Waals surface area (Å²) in [6.45, 7) is 2.17. The second kappa shape index (κ2) is 8.86. The van der Waals surface area contributed by atoms with Crippen molar-refractivity contribution in [2.24, 2.45) is 11.5 Å². The molecule has 0 saturated carbocycles. The lowest BCUT2D eigenvalue weighted by molar-refractivity contribution is 0.0745. The van der Waals surface area contributed by atoms with Crippen molar-refractivity contribution in [3.05, 3.63) is 71.5 Å². The molecule has 2 aromatic heterocycles. The van der Waals surface area contributed by atoms with Gasteiger partial charge in [-0.3, -0.25) is 14.4 Å². The SMILES string of the molecule is NC(=O)c1cnc(N2CCN(C(=O)c3ccc(-c4nc5c(C(N)=O)cccc5[nH]4)cc3)CC2)nc1. The number of anilines is 1. The van der Waals surface area contributed by atoms with Crippen molar-refractivity contribution in [2.75, 3.05) is 31.1 Å². The number of benzene rings is 2. The molecule has 1 fully saturated rings. The number of piperazine rings is 1. The Morgan fingerprint density at radius 2 is 1.51 bits per heavy atom. The number of nitrogens with zero attached hydrogens (tertiary/aromatic N) is 5. The van der Waals surface area contributed by atoms with Gasteiger partial charge in [0.15, 0.2) is 0 Å². The maximum atomic E-state index is 13.0. The molecule has 0 bridgehead atoms. The van der Waals surface area contributed by atoms with Gasteiger partial charge < -0.3 is 26.3 Å². The first-order valence-electron chi connectivity index (χ1n) is 11.0. The number of aromatic nitrogens is 4. The van der Waals surface area contributed by atoms with Crippen molar-refractivity contribution in [3.8, 4) is 11.4 Å². The quantitative estimate of drug-likeness (QED) is 0.394. The summed E-state index contributed by atoms with van der Waals surface area (Å²) in [5.74, 6) is -0.0973. The summed E-state index contributed by atoms with van der Waals surface area (Å²) in [6.07, 6.45) is 2.81. The van der Waals surface area contributed by atoms with Crippen LogP contribution in [0.15, 0.2) is 54.9 Å². The van der Waals surface area contributed by atoms with Crippen molar-refractivity contribution < 1.29 is 14.4 Å². The largest absolute Gasteiger partial charge is 0.366 e. The van der Waals surface area contributed by atoms with Gasteiger partial charge in [-0.25, -0.2) is 15.0 Å². The Morgan fingerprint density at radius 1 is 0.829 bits per heavy atom. The third-order valence-corrected chi connectivity index (χ3v) is 5.96. The maximum Gasteiger partial charge on any atom is 0.253 e. The molecule has 3 amide bonds. The highest BCUT2D eigenvalue weighted by molar-refractivity contribution is 6.04. The van der Waals surface area contributed by atoms with E-state index in [2.05, 4.69) is 19.9 Å². The number of imidazole rings is 1. The average Bonchev–Trinajstić information content (AvgIpc) is 3.33. The predicted molar refractivity (Wildman–Crippen MR) is 129 cm³/mol. The molecule has 0 spiro atoms. The summed E-state index contributed by atoms with van der Waals surface area (Å²) >= 11 is 0. The molecule has 5 N–H and O–H groups in total. The molecule has 4 aromatic rings. The first-order chi connectivity index (χ1) is 16.9. The molecule has 2 aromatic carbocycles. The molecule has 0 radical (unpaired) electrons. The van der Waals surface area contributed by atoms with Gasteiger partial charge in [0.1, 0.15) is 11.3 Å². The molecule has 11 heteroatoms. The van der Waals surface area contributed by atoms with Crippen LogP contribution >= 0.6 is 0 Å². The first-order valence-corrected chi connectivity index (χ1v) is 11.0. The second-order valence-electron chi connectivity index (χ2n) is 8.14. The molecule has 11 nitrogen and oxygen atoms in total. The van der Waals surface area contributed by atoms with Crippen molar-refractivity contribution in [1.29, 1.82) is 0 Å². The Bertz CT molecular complexity index is 1420. The topological polar surface area (TPSA) is 164 Å². The number of nitrogens with one attached hydrogen (secondary N) is 1. The Labute approximate surface area is 199 Å². The number of hydrogen-bond donors (Lipinski definition) is 3. The van der Waals surface area contributed by atoms with Crippen LogP contribution in [0, 0.1) is 0 Å². The number of hydrogen-bond acceptors (Lipinski definition) is 7. The van der Waals surface area contributed by atoms with E-state index in [4.69, 9.17) is 11.5 Å². The molecular weight excluding hydrogens is 448 g/mol. The molecular formula is C24H22N8O3. The summed E-state index contributed by atoms with van der Waals surface area (Å²) in [6, 6.07) is 12.4. The fourth-order valence-corrected chi connectivity index (χ4v) is 4.04. The summed E-state index contributed by atoms with van der Waals surface area (Å²) in [5, 5.41) is 0. The third-order valence-electron chi connectivity index (χ3n) is 5.96. The molecule has 0 atom stereocenters. The van der Waals surface area contributed by atoms with Crippen molar-refractivity contribution in [2.45, 2.75) is 0 Å². The number of H-pyrrole nitrogens is 1. The Morgan fingerprint density at radius 3 is 2.14 bits per heavy atom. The van der Waals surface area contributed by atoms with Crippen LogP contribution in [0.2, 0.25) is 0 Å². The zero-order valence-electron chi connectivity index (χ0n) is 18.6. The van der Waals surface area contributed by atoms with Gasteiger partial charge in [0, 0.05) is 49.7 Å². The average molecular weight is 470 g/mol. The molecule has 0 aliphatic carbocycles. The third kappa shape index (κ3) is 4.26. The van der Waals surface area contributed by atoms with E-state index >= 15 is 0 Å². The molecule has 1 aliphatic heterocycles. The van der Waals surface area contributed by atoms with Crippen LogP contribution in [-0.4, -0.2) is 68.7 Å². The van der Waals surface area contributed by atoms with Crippen LogP contribution < -0.4 is 16.4 Å². The Hall–Kier alpha value is -4.80. The van der Waals surface area contributed by atoms with Crippen LogP contribution in [0.25, 0.3) is 22.4 Å². The highest BCUT2D eigenvalue weighted by atomic mass is 16.2. The zero-order valence-corrected chi connectivity index (χ0v) is 18.6. The number of para-hydroxylation sites is 1. The molecule has 5 rings (SSSR count). The minimum Gasteiger partial charge on any atom is -0.366 e. The van der Waals surface area contributed by atoms with E-state index in [1.807, 2.05) is 23.1 Å². The highest BCUT2D eigenvalue weighted by Gasteiger charge is 2.24. The number of primary amides is 2. The predicted octanol–water partition coefficient (Wildman–Crippen LogP) is 1.18. The van der Waals surface area contributed by atoms with Crippen molar-refractivity contribution in [3.63, 3.8) is 0 Å². The van der Waals surface area contributed by atoms with E-state index in [-0.39, 0.29) is 11.5 Å². The van der Waals surface area contributed by atoms with E-state index in [1.165, 1.54) is 12.4 Å². The van der Waals surface area contributed by atoms with Gasteiger partial charge in [0.25, 0.3) is 17.7 Å². The van der Waals surface area contributed by atoms with E-state index in [9.17, 15) is 14.4 Å². The van der Waals surface area contributed by atoms with Gasteiger partial charge in [-0.1, -0.05) is 18.2 Å². The summed E-state index contributed by atoms with van der Waals surface area (Å²) in [7, 11) is 0. The second-order valence-corrected chi connectivity index (χ2v) is 8.14. The Balaban J connectivity index is 1.26. The number of nitrogens with two attached hydrogens (primary N) is 2. The maximum absolute atomic E-state index is 13.0. The molecule has 1 saturated heterocycles. The molecule has 0 unspecified atom stereocenters. The summed E-state index contributed by atoms with van der Waals surface area (Å²) in [5.41, 5.74) is 13.9. The number of aromatic amines is 1. The van der Waals surface area contributed by atoms with Gasteiger partial charge in [-0.2, -0.15) is 0 Å². The summed E-state index contributed by atoms with van der Waals surface area (Å²) < 4.78 is 0. The number of amides is 3. The van der Waals surface area contributed by atoms with Gasteiger partial charge in [0.05, 0.1) is 16.6 Å². The molecule has 35 heavy (non-hydrogen) atoms. The lowest BCUT2D eigenvalue weighted by atomic mass is 10.1. The van der Waals surface area contributed by atoms with E-state index in [0.29, 0.717) is 60.1 Å². The monoisotopic (exact) mass is 470 g/mol. The van der Waals surface area contributed by atoms with Crippen LogP contribution in [-0.2, 0) is 0 Å². The smallest absolute Gasteiger partial charge is 0.253 e. The van der Waals surface area contributed by atoms with Gasteiger partial charge in [-0.15, -0.1) is 0 Å². The van der Waals surface area contributed by atoms with Crippen LogP contribution in [0.1, 0.15) is 31.1 Å². The fraction of sp³-hybridized carbons (Fsp3) is 0.167. The highest BCUT2D eigenvalue weighted by Crippen LogP contribution is 2.24. The molecule has 1 aliphatic rings. The van der Waals surface area contributed by atoms with Gasteiger partial charge >= 0.3 is 0 Å². The van der Waals surface area contributed by atoms with Crippen molar-refractivity contribution in [1.82, 2.24) is 24.8 Å². The first kappa shape index (κ1) is 22.0. The van der Waals surface area contributed by atoms with E-state index < -0.39 is 11.8 Å². The van der Waals surface area contributed by atoms with Gasteiger partial charge in [0.2, 0.25) is 5.95 Å². The minimum atomic E-state index is -0.575. The van der Waals surface area contributed by atoms with Crippen LogP contribution in [0.4, 0.5) is 5.95 Å². The number of fused-ring (bicyclic) bond motifs is 1. The fourth-order valence-electron chi connectivity index (χ4n) is 4.04. The number of rotatable bonds is 5. The Kier molecular flexibility index (Phi) is 5.57. The normalized spacial score (nSPS) is 13.7. The van der Waals surface area contributed by atoms with Crippen molar-refractivity contribution >= 4 is 34.7 Å². The van der Waals surface area contributed by atoms with E-state index in [0.717, 1.165) is 5.56 Å². The minimum absolute atomic E-state index is 0.0678. The lowest BCUT2D eigenvalue weighted by Gasteiger charge is -2.34. The zero-order chi connectivity index (χ0) is 24.5. The number of carbonyl (C=O) groups is 3. The van der Waals surface area contributed by atoms with Crippen LogP contribution in [0.5, 0.6) is 0 Å². The summed E-state index contributed by atoms with van der Waals surface area (Å²) in [4.78, 5) is 55.7. The van der Waals surface area contributed by atoms with E-state index in [1.54, 1.807) is 29.2 Å². The van der Waals surface area contributed by atoms with Crippen LogP contribution in [0.3, 0.4) is 0 Å². The standard InChI is InChI=1S/C24H22N8O3/c25-20(33)16-12-27-24(28-13-16)32-10-8-31(9-11-32)23(35)15-6-4-14(5-7-15)22-29-18-3-1-2-17(21(26)34)19(18)30-22/h1-7,12-13H,8-11H2,(H2,25,33)(H2,26,34)(H,29,30). The van der Waals surface area contributed by atoms with Gasteiger partial charge in [-0.05, 0) is 24.3 Å². The number of carbonyl (C=O) groups excluding carboxylic acids is 3. The molecule has 176 valence electrons. The molecule has 3 heterocycles. The lowest BCUT2D eigenvalue weighted by Crippen LogP contribution is -2.49.